The maximum Gasteiger partial charge on any atom is 0.481 e. The highest BCUT2D eigenvalue weighted by Crippen LogP contribution is 2.60. The molecule has 1 fully saturated rings. The number of nitrogens with zero attached hydrogens (tertiary/aromatic N) is 2. The zero-order chi connectivity index (χ0) is 55.1. The van der Waals surface area contributed by atoms with E-state index in [1.54, 1.807) is 12.2 Å². The van der Waals surface area contributed by atoms with E-state index in [1.807, 2.05) is 19.1 Å². The number of hydrogen-bond acceptors (Lipinski definition) is 18. The normalized spacial score (nSPS) is 28.9. The van der Waals surface area contributed by atoms with Crippen molar-refractivity contribution in [3.05, 3.63) is 95.7 Å². The second kappa shape index (κ2) is 36.0. The SMILES string of the molecule is CCCCC/C=C\C/C=C\C/C=C\C/C=C\CCCC(=O)OC[C@@H]1COP(=O)(O)OP(=O)(O)OC[C@H]2O[C@@H](n3ccc(N)nc3=O)[C@@H](CC=CCCCC(=O)O1)C(=O)C[C@@H](O)[C@H](C=C[C@@H](O)CCCCC)[C@H](O)[C@@H]2O. The molecule has 0 radical (unpaired) electrons. The number of carbonyl (C=O) groups excluding carboxylic acids is 3. The zero-order valence-corrected chi connectivity index (χ0v) is 45.1. The van der Waals surface area contributed by atoms with Crippen LogP contribution in [0.5, 0.6) is 0 Å². The minimum absolute atomic E-state index is 0.00402. The van der Waals surface area contributed by atoms with E-state index in [0.717, 1.165) is 49.3 Å². The van der Waals surface area contributed by atoms with Crippen LogP contribution in [0.1, 0.15) is 142 Å². The fourth-order valence-corrected chi connectivity index (χ4v) is 10.0. The van der Waals surface area contributed by atoms with Crippen LogP contribution in [-0.4, -0.2) is 114 Å². The number of aliphatic hydroxyl groups excluding tert-OH is 4. The minimum atomic E-state index is -5.73. The lowest BCUT2D eigenvalue weighted by molar-refractivity contribution is -0.183. The third-order valence-corrected chi connectivity index (χ3v) is 14.7. The van der Waals surface area contributed by atoms with Gasteiger partial charge in [0.2, 0.25) is 0 Å². The van der Waals surface area contributed by atoms with Crippen LogP contribution in [0.4, 0.5) is 5.82 Å². The Labute approximate surface area is 440 Å². The standard InChI is InChI=1S/C52H81N3O18P2/c1-3-5-7-8-9-10-11-12-13-14-15-16-17-18-19-20-25-29-47(59)68-36-40-37-69-74(64,65)73-75(66,67)70-38-45-50(62)49(61)41(32-31-39(56)27-23-6-4-2)43(57)35-44(58)42(28-24-21-22-26-30-48(60)71-40)51(72-45)55-34-33-46(53)54-52(55)63/h9-10,12-13,15-16,18-19,21,24,31-34,39-43,45,49-51,56-57,61-62H,3-8,11,14,17,20,22-23,25-30,35-38H2,1-2H3,(H,64,65)(H,66,67)(H2,53,54,63)/b10-9-,13-12-,16-15-,19-18-,24-21?,32-31?/t39-,40+,41-,42-,43+,45+,49-,50+,51+/m0/s1. The smallest absolute Gasteiger partial charge is 0.462 e. The van der Waals surface area contributed by atoms with Gasteiger partial charge in [0.1, 0.15) is 36.6 Å². The van der Waals surface area contributed by atoms with Gasteiger partial charge in [0.25, 0.3) is 0 Å². The number of cyclic esters (lactones) is 1. The highest BCUT2D eigenvalue weighted by Gasteiger charge is 2.45. The van der Waals surface area contributed by atoms with Crippen molar-refractivity contribution in [1.29, 1.82) is 0 Å². The summed E-state index contributed by atoms with van der Waals surface area (Å²) in [7, 11) is -11.3. The number of rotatable bonds is 23. The van der Waals surface area contributed by atoms with Crippen LogP contribution in [0.3, 0.4) is 0 Å². The maximum absolute atomic E-state index is 14.3. The van der Waals surface area contributed by atoms with Gasteiger partial charge in [-0.15, -0.1) is 0 Å². The number of phosphoric acid groups is 2. The molecule has 2 aliphatic rings. The number of hydrogen-bond donors (Lipinski definition) is 7. The quantitative estimate of drug-likeness (QED) is 0.0242. The number of carbonyl (C=O) groups is 3. The second-order valence-electron chi connectivity index (χ2n) is 18.4. The molecule has 422 valence electrons. The van der Waals surface area contributed by atoms with Crippen molar-refractivity contribution in [2.45, 2.75) is 179 Å². The fourth-order valence-electron chi connectivity index (χ4n) is 7.94. The molecule has 1 saturated heterocycles. The van der Waals surface area contributed by atoms with Crippen molar-refractivity contribution in [2.75, 3.05) is 25.6 Å². The average Bonchev–Trinajstić information content (AvgIpc) is 3.35. The molecule has 0 amide bonds. The Balaban J connectivity index is 1.77. The van der Waals surface area contributed by atoms with E-state index >= 15 is 0 Å². The van der Waals surface area contributed by atoms with Crippen molar-refractivity contribution in [1.82, 2.24) is 9.55 Å². The summed E-state index contributed by atoms with van der Waals surface area (Å²) in [5, 5.41) is 45.5. The van der Waals surface area contributed by atoms with Crippen LogP contribution in [0.2, 0.25) is 0 Å². The first kappa shape index (κ1) is 65.1. The summed E-state index contributed by atoms with van der Waals surface area (Å²) in [6, 6.07) is 1.21. The lowest BCUT2D eigenvalue weighted by Gasteiger charge is -2.38. The molecule has 3 heterocycles. The molecule has 2 bridgehead atoms. The number of ether oxygens (including phenoxy) is 3. The zero-order valence-electron chi connectivity index (χ0n) is 43.3. The molecule has 0 saturated carbocycles. The van der Waals surface area contributed by atoms with Crippen molar-refractivity contribution < 1.29 is 81.3 Å². The number of anilines is 1. The van der Waals surface area contributed by atoms with Crippen LogP contribution in [0, 0.1) is 11.8 Å². The van der Waals surface area contributed by atoms with Gasteiger partial charge in [-0.05, 0) is 76.7 Å². The van der Waals surface area contributed by atoms with Crippen molar-refractivity contribution in [2.24, 2.45) is 11.8 Å². The van der Waals surface area contributed by atoms with Gasteiger partial charge in [-0.25, -0.2) is 13.9 Å². The number of phosphoric ester groups is 2. The molecule has 8 N–H and O–H groups in total. The van der Waals surface area contributed by atoms with E-state index in [4.69, 9.17) is 29.0 Å². The number of Topliss-reactive ketones (excluding diaryl/α,β-unsaturated/α-hetero) is 1. The first-order valence-electron chi connectivity index (χ1n) is 26.1. The van der Waals surface area contributed by atoms with E-state index in [0.29, 0.717) is 25.7 Å². The van der Waals surface area contributed by atoms with Crippen LogP contribution in [-0.2, 0) is 51.1 Å². The summed E-state index contributed by atoms with van der Waals surface area (Å²) >= 11 is 0. The van der Waals surface area contributed by atoms with Gasteiger partial charge in [-0.1, -0.05) is 119 Å². The molecule has 11 atom stereocenters. The molecule has 2 unspecified atom stereocenters. The van der Waals surface area contributed by atoms with Crippen LogP contribution < -0.4 is 11.4 Å². The second-order valence-corrected chi connectivity index (χ2v) is 21.5. The predicted molar refractivity (Wildman–Crippen MR) is 280 cm³/mol. The molecule has 0 aromatic carbocycles. The molecule has 21 nitrogen and oxygen atoms in total. The molecular weight excluding hydrogens is 1020 g/mol. The van der Waals surface area contributed by atoms with E-state index in [1.165, 1.54) is 37.5 Å². The molecule has 0 spiro atoms. The van der Waals surface area contributed by atoms with Gasteiger partial charge in [-0.2, -0.15) is 9.29 Å². The average molecular weight is 1100 g/mol. The molecule has 1 aromatic heterocycles. The van der Waals surface area contributed by atoms with Gasteiger partial charge < -0.3 is 50.2 Å². The van der Waals surface area contributed by atoms with Gasteiger partial charge in [0, 0.05) is 31.4 Å². The number of esters is 2. The Morgan fingerprint density at radius 2 is 1.49 bits per heavy atom. The van der Waals surface area contributed by atoms with Crippen molar-refractivity contribution >= 4 is 39.2 Å². The molecule has 23 heteroatoms. The van der Waals surface area contributed by atoms with Gasteiger partial charge in [0.05, 0.1) is 37.4 Å². The fraction of sp³-hybridized carbons (Fsp3) is 0.635. The van der Waals surface area contributed by atoms with Gasteiger partial charge in [-0.3, -0.25) is 28.0 Å². The molecular formula is C52H81N3O18P2. The van der Waals surface area contributed by atoms with E-state index in [-0.39, 0.29) is 37.9 Å². The summed E-state index contributed by atoms with van der Waals surface area (Å²) < 4.78 is 58.7. The number of nitrogens with two attached hydrogens (primary N) is 1. The van der Waals surface area contributed by atoms with Crippen LogP contribution in [0.15, 0.2) is 90.0 Å². The Morgan fingerprint density at radius 3 is 2.15 bits per heavy atom. The first-order chi connectivity index (χ1) is 35.9. The Kier molecular flexibility index (Phi) is 31.2. The lowest BCUT2D eigenvalue weighted by atomic mass is 9.83. The Bertz CT molecular complexity index is 2210. The summed E-state index contributed by atoms with van der Waals surface area (Å²) in [6.07, 6.45) is 21.8. The van der Waals surface area contributed by atoms with Gasteiger partial charge in [0.15, 0.2) is 6.10 Å². The number of aliphatic hydroxyl groups is 4. The van der Waals surface area contributed by atoms with E-state index < -0.39 is 120 Å². The topological polar surface area (TPSA) is 323 Å². The molecule has 2 aliphatic heterocycles. The highest BCUT2D eigenvalue weighted by molar-refractivity contribution is 7.61. The van der Waals surface area contributed by atoms with Gasteiger partial charge >= 0.3 is 33.3 Å². The maximum atomic E-state index is 14.3. The van der Waals surface area contributed by atoms with E-state index in [2.05, 4.69) is 52.7 Å². The number of aromatic nitrogens is 2. The summed E-state index contributed by atoms with van der Waals surface area (Å²) in [5.74, 6) is -5.22. The minimum Gasteiger partial charge on any atom is -0.462 e. The Morgan fingerprint density at radius 1 is 0.867 bits per heavy atom. The van der Waals surface area contributed by atoms with Crippen LogP contribution in [0.25, 0.3) is 0 Å². The first-order valence-corrected chi connectivity index (χ1v) is 29.0. The van der Waals surface area contributed by atoms with Crippen molar-refractivity contribution in [3.8, 4) is 0 Å². The van der Waals surface area contributed by atoms with Crippen LogP contribution >= 0.6 is 15.6 Å². The highest BCUT2D eigenvalue weighted by atomic mass is 31.3. The third-order valence-electron chi connectivity index (χ3n) is 12.1. The molecule has 1 aromatic rings. The molecule has 0 aliphatic carbocycles. The number of fused-ring (bicyclic) bond motifs is 3. The lowest BCUT2D eigenvalue weighted by Crippen LogP contribution is -2.51. The summed E-state index contributed by atoms with van der Waals surface area (Å²) in [5.41, 5.74) is 4.71. The monoisotopic (exact) mass is 1100 g/mol. The molecule has 75 heavy (non-hydrogen) atoms. The summed E-state index contributed by atoms with van der Waals surface area (Å²) in [4.78, 5) is 78.3. The number of allylic oxidation sites excluding steroid dienone is 10. The predicted octanol–water partition coefficient (Wildman–Crippen LogP) is 7.48. The van der Waals surface area contributed by atoms with Crippen molar-refractivity contribution in [3.63, 3.8) is 0 Å². The third kappa shape index (κ3) is 26.6. The number of nitrogen functional groups attached to an aromatic ring is 1. The Hall–Kier alpha value is -4.21. The summed E-state index contributed by atoms with van der Waals surface area (Å²) in [6.45, 7) is 1.36. The van der Waals surface area contributed by atoms with E-state index in [9.17, 15) is 58.5 Å². The molecule has 3 rings (SSSR count). The number of ketones is 1. The number of unbranched alkanes of at least 4 members (excludes halogenated alkanes) is 6. The largest absolute Gasteiger partial charge is 0.481 e.